The van der Waals surface area contributed by atoms with Crippen molar-refractivity contribution < 1.29 is 32.5 Å². The summed E-state index contributed by atoms with van der Waals surface area (Å²) in [7, 11) is 3.12. The number of aromatic nitrogens is 5. The minimum atomic E-state index is -0.912. The van der Waals surface area contributed by atoms with Crippen molar-refractivity contribution in [3.63, 3.8) is 0 Å². The van der Waals surface area contributed by atoms with E-state index in [2.05, 4.69) is 22.2 Å². The van der Waals surface area contributed by atoms with Gasteiger partial charge in [0.1, 0.15) is 6.10 Å². The lowest BCUT2D eigenvalue weighted by atomic mass is 10.0. The summed E-state index contributed by atoms with van der Waals surface area (Å²) >= 11 is 1.44. The summed E-state index contributed by atoms with van der Waals surface area (Å²) < 4.78 is 51.7. The van der Waals surface area contributed by atoms with Crippen molar-refractivity contribution in [1.82, 2.24) is 29.9 Å². The maximum atomic E-state index is 13.9. The zero-order valence-corrected chi connectivity index (χ0v) is 25.4. The topological polar surface area (TPSA) is 114 Å². The van der Waals surface area contributed by atoms with Crippen LogP contribution in [0.2, 0.25) is 0 Å². The summed E-state index contributed by atoms with van der Waals surface area (Å²) in [6.45, 7) is 8.09. The quantitative estimate of drug-likeness (QED) is 0.175. The van der Waals surface area contributed by atoms with Crippen molar-refractivity contribution in [3.8, 4) is 5.88 Å². The number of ether oxygens (including phenoxy) is 4. The van der Waals surface area contributed by atoms with E-state index in [9.17, 15) is 13.6 Å². The molecule has 5 rings (SSSR count). The highest BCUT2D eigenvalue weighted by molar-refractivity contribution is 7.99. The normalized spacial score (nSPS) is 22.2. The van der Waals surface area contributed by atoms with E-state index in [1.807, 2.05) is 20.8 Å². The zero-order chi connectivity index (χ0) is 30.2. The van der Waals surface area contributed by atoms with Gasteiger partial charge in [-0.15, -0.1) is 5.10 Å². The smallest absolute Gasteiger partial charge is 0.388 e. The maximum absolute atomic E-state index is 13.9. The third-order valence-corrected chi connectivity index (χ3v) is 8.44. The Morgan fingerprint density at radius 2 is 1.95 bits per heavy atom. The first kappa shape index (κ1) is 30.5. The van der Waals surface area contributed by atoms with Crippen LogP contribution in [0.3, 0.4) is 0 Å². The van der Waals surface area contributed by atoms with E-state index in [1.165, 1.54) is 17.8 Å². The molecular formula is C28H36F2N6O5S. The van der Waals surface area contributed by atoms with Gasteiger partial charge in [-0.1, -0.05) is 30.0 Å². The van der Waals surface area contributed by atoms with Crippen LogP contribution in [0, 0.1) is 11.6 Å². The van der Waals surface area contributed by atoms with E-state index >= 15 is 0 Å². The fourth-order valence-electron chi connectivity index (χ4n) is 5.37. The Labute approximate surface area is 247 Å². The van der Waals surface area contributed by atoms with Gasteiger partial charge < -0.3 is 18.9 Å². The predicted molar refractivity (Wildman–Crippen MR) is 150 cm³/mol. The minimum Gasteiger partial charge on any atom is -0.388 e. The minimum absolute atomic E-state index is 0.0104. The van der Waals surface area contributed by atoms with Crippen molar-refractivity contribution in [1.29, 1.82) is 0 Å². The molecule has 0 radical (unpaired) electrons. The first-order valence-corrected chi connectivity index (χ1v) is 14.9. The Balaban J connectivity index is 1.43. The molecule has 228 valence electrons. The van der Waals surface area contributed by atoms with Crippen LogP contribution < -0.4 is 4.74 Å². The van der Waals surface area contributed by atoms with E-state index in [-0.39, 0.29) is 35.5 Å². The second-order valence-corrected chi connectivity index (χ2v) is 12.5. The van der Waals surface area contributed by atoms with Gasteiger partial charge in [-0.3, -0.25) is 4.90 Å². The van der Waals surface area contributed by atoms with E-state index in [0.717, 1.165) is 18.2 Å². The van der Waals surface area contributed by atoms with Crippen LogP contribution in [0.25, 0.3) is 11.2 Å². The number of benzene rings is 1. The van der Waals surface area contributed by atoms with Crippen LogP contribution in [0.4, 0.5) is 13.6 Å². The van der Waals surface area contributed by atoms with Crippen LogP contribution in [0.5, 0.6) is 5.88 Å². The Morgan fingerprint density at radius 3 is 2.62 bits per heavy atom. The molecule has 2 aliphatic rings. The predicted octanol–water partition coefficient (Wildman–Crippen LogP) is 5.11. The van der Waals surface area contributed by atoms with Gasteiger partial charge in [-0.2, -0.15) is 4.98 Å². The van der Waals surface area contributed by atoms with Crippen LogP contribution in [-0.2, 0) is 14.2 Å². The maximum Gasteiger partial charge on any atom is 0.417 e. The lowest BCUT2D eigenvalue weighted by Gasteiger charge is -2.35. The number of rotatable bonds is 10. The molecule has 1 amide bonds. The molecule has 1 aromatic carbocycles. The highest BCUT2D eigenvalue weighted by Gasteiger charge is 2.50. The van der Waals surface area contributed by atoms with E-state index in [1.54, 1.807) is 29.9 Å². The average Bonchev–Trinajstić information content (AvgIpc) is 3.34. The van der Waals surface area contributed by atoms with Gasteiger partial charge in [0.15, 0.2) is 34.2 Å². The molecule has 14 heteroatoms. The molecule has 1 saturated carbocycles. The van der Waals surface area contributed by atoms with Gasteiger partial charge in [0.2, 0.25) is 0 Å². The van der Waals surface area contributed by atoms with Crippen molar-refractivity contribution in [2.24, 2.45) is 0 Å². The number of halogens is 2. The van der Waals surface area contributed by atoms with Gasteiger partial charge in [0.25, 0.3) is 5.88 Å². The third-order valence-electron chi connectivity index (χ3n) is 7.39. The van der Waals surface area contributed by atoms with E-state index in [4.69, 9.17) is 23.9 Å². The number of nitrogens with zero attached hydrogens (tertiary/aromatic N) is 6. The largest absolute Gasteiger partial charge is 0.417 e. The number of methoxy groups -OCH3 is 2. The second kappa shape index (κ2) is 12.3. The van der Waals surface area contributed by atoms with Crippen LogP contribution in [0.15, 0.2) is 23.4 Å². The number of amides is 1. The Kier molecular flexibility index (Phi) is 8.97. The number of carbonyl (C=O) groups excluding carboxylic acids is 1. The van der Waals surface area contributed by atoms with Crippen LogP contribution in [0.1, 0.15) is 64.5 Å². The Bertz CT molecular complexity index is 1430. The van der Waals surface area contributed by atoms with Crippen molar-refractivity contribution >= 4 is 29.0 Å². The van der Waals surface area contributed by atoms with Gasteiger partial charge in [0.05, 0.1) is 12.6 Å². The van der Waals surface area contributed by atoms with Crippen molar-refractivity contribution in [2.75, 3.05) is 26.6 Å². The summed E-state index contributed by atoms with van der Waals surface area (Å²) in [5.74, 6) is -1.18. The molecule has 2 aromatic heterocycles. The lowest BCUT2D eigenvalue weighted by Crippen LogP contribution is -2.49. The first-order chi connectivity index (χ1) is 20.0. The molecule has 1 aliphatic carbocycles. The van der Waals surface area contributed by atoms with E-state index in [0.29, 0.717) is 35.8 Å². The zero-order valence-electron chi connectivity index (χ0n) is 24.5. The number of hydrogen-bond acceptors (Lipinski definition) is 10. The number of thioether (sulfide) groups is 1. The van der Waals surface area contributed by atoms with Crippen LogP contribution in [-0.4, -0.2) is 86.5 Å². The third kappa shape index (κ3) is 6.21. The van der Waals surface area contributed by atoms with Gasteiger partial charge in [0, 0.05) is 43.9 Å². The van der Waals surface area contributed by atoms with Crippen molar-refractivity contribution in [2.45, 2.75) is 88.0 Å². The summed E-state index contributed by atoms with van der Waals surface area (Å²) in [5, 5.41) is 9.08. The monoisotopic (exact) mass is 606 g/mol. The van der Waals surface area contributed by atoms with Gasteiger partial charge in [-0.25, -0.2) is 23.2 Å². The second-order valence-electron chi connectivity index (χ2n) is 11.5. The fraction of sp³-hybridized carbons (Fsp3) is 0.607. The molecule has 0 bridgehead atoms. The molecule has 0 unspecified atom stereocenters. The lowest BCUT2D eigenvalue weighted by molar-refractivity contribution is -0.167. The molecule has 4 atom stereocenters. The number of hydrogen-bond donors (Lipinski definition) is 0. The molecule has 42 heavy (non-hydrogen) atoms. The highest BCUT2D eigenvalue weighted by atomic mass is 32.2. The molecule has 1 aliphatic heterocycles. The molecular weight excluding hydrogens is 570 g/mol. The molecule has 0 N–H and O–H groups in total. The molecule has 0 spiro atoms. The average molecular weight is 607 g/mol. The molecule has 3 aromatic rings. The van der Waals surface area contributed by atoms with Gasteiger partial charge in [-0.05, 0) is 51.3 Å². The molecule has 1 saturated heterocycles. The number of fused-ring (bicyclic) bond motifs is 1. The summed E-state index contributed by atoms with van der Waals surface area (Å²) in [5.41, 5.74) is 0.686. The standard InChI is InChI=1S/C28H36F2N6O5S/c1-7-10-42-26-31-23-22(33-34-36(23)16-12-21(40-14-16)25(38-5)39-6)24(32-26)41-27(37)35(28(2,3)4)20-13-17(20)15-8-9-18(29)19(30)11-15/h8-9,11,16-17,20-21,25H,7,10,12-14H2,1-6H3/t16-,17+,20+,21-/m1/s1. The van der Waals surface area contributed by atoms with E-state index < -0.39 is 29.6 Å². The van der Waals surface area contributed by atoms with Crippen molar-refractivity contribution in [3.05, 3.63) is 35.4 Å². The number of carbonyl (C=O) groups is 1. The first-order valence-electron chi connectivity index (χ1n) is 13.9. The summed E-state index contributed by atoms with van der Waals surface area (Å²) in [4.78, 5) is 24.6. The highest BCUT2D eigenvalue weighted by Crippen LogP contribution is 2.47. The summed E-state index contributed by atoms with van der Waals surface area (Å²) in [6, 6.07) is 3.40. The molecule has 11 nitrogen and oxygen atoms in total. The Hall–Kier alpha value is -2.94. The van der Waals surface area contributed by atoms with Crippen LogP contribution >= 0.6 is 11.8 Å². The Morgan fingerprint density at radius 1 is 1.19 bits per heavy atom. The SMILES string of the molecule is CCCSc1nc(OC(=O)N([C@H]2C[C@H]2c2ccc(F)c(F)c2)C(C)(C)C)c2nnn([C@H]3CO[C@@H](C(OC)OC)C3)c2n1. The molecule has 3 heterocycles. The fourth-order valence-corrected chi connectivity index (χ4v) is 6.05. The van der Waals surface area contributed by atoms with Gasteiger partial charge >= 0.3 is 6.09 Å². The molecule has 2 fully saturated rings. The summed E-state index contributed by atoms with van der Waals surface area (Å²) in [6.07, 6.45) is 0.623.